The summed E-state index contributed by atoms with van der Waals surface area (Å²) in [5, 5.41) is 2.45. The Labute approximate surface area is 225 Å². The Bertz CT molecular complexity index is 1660. The Hall–Kier alpha value is -4.39. The fourth-order valence-electron chi connectivity index (χ4n) is 5.43. The molecule has 3 aromatic carbocycles. The van der Waals surface area contributed by atoms with Gasteiger partial charge in [0.25, 0.3) is 5.91 Å². The summed E-state index contributed by atoms with van der Waals surface area (Å²) in [4.78, 5) is 18.8. The van der Waals surface area contributed by atoms with Crippen molar-refractivity contribution in [1.29, 1.82) is 0 Å². The standard InChI is InChI=1S/C32H29FN2O4/c1-37-27-14-13-22(19-29(27)39-23-8-3-4-9-23)26-20-35(31-25(26)11-6-17-34-31)32(36)30-24-10-5-2-7-21(24)12-15-28(30)38-18-16-33/h2,5-7,10-15,17,19-20,23H,3-4,8-9,16,18H2,1H3. The van der Waals surface area contributed by atoms with Crippen molar-refractivity contribution in [2.75, 3.05) is 20.4 Å². The minimum Gasteiger partial charge on any atom is -0.493 e. The van der Waals surface area contributed by atoms with Crippen molar-refractivity contribution in [3.05, 3.63) is 84.7 Å². The molecular formula is C32H29FN2O4. The second-order valence-electron chi connectivity index (χ2n) is 9.68. The molecule has 6 nitrogen and oxygen atoms in total. The molecule has 0 N–H and O–H groups in total. The molecule has 0 saturated heterocycles. The van der Waals surface area contributed by atoms with Crippen LogP contribution in [0.3, 0.4) is 0 Å². The van der Waals surface area contributed by atoms with Crippen LogP contribution in [-0.2, 0) is 0 Å². The van der Waals surface area contributed by atoms with Gasteiger partial charge >= 0.3 is 0 Å². The molecule has 39 heavy (non-hydrogen) atoms. The molecule has 1 aliphatic carbocycles. The number of alkyl halides is 1. The molecule has 0 bridgehead atoms. The first kappa shape index (κ1) is 24.9. The maximum atomic E-state index is 14.2. The van der Waals surface area contributed by atoms with Gasteiger partial charge in [-0.3, -0.25) is 9.36 Å². The van der Waals surface area contributed by atoms with Crippen molar-refractivity contribution < 1.29 is 23.4 Å². The minimum atomic E-state index is -0.651. The van der Waals surface area contributed by atoms with Crippen molar-refractivity contribution in [2.45, 2.75) is 31.8 Å². The molecule has 0 amide bonds. The number of pyridine rings is 1. The topological polar surface area (TPSA) is 62.6 Å². The monoisotopic (exact) mass is 524 g/mol. The molecule has 0 atom stereocenters. The van der Waals surface area contributed by atoms with E-state index >= 15 is 0 Å². The summed E-state index contributed by atoms with van der Waals surface area (Å²) in [7, 11) is 1.64. The molecule has 198 valence electrons. The summed E-state index contributed by atoms with van der Waals surface area (Å²) in [5.74, 6) is 1.40. The van der Waals surface area contributed by atoms with E-state index in [0.717, 1.165) is 40.1 Å². The number of aromatic nitrogens is 2. The van der Waals surface area contributed by atoms with Crippen LogP contribution in [-0.4, -0.2) is 42.0 Å². The van der Waals surface area contributed by atoms with Crippen LogP contribution in [0.15, 0.2) is 79.1 Å². The lowest BCUT2D eigenvalue weighted by molar-refractivity contribution is 0.0961. The van der Waals surface area contributed by atoms with Crippen molar-refractivity contribution >= 4 is 27.7 Å². The summed E-state index contributed by atoms with van der Waals surface area (Å²) in [5.41, 5.74) is 2.63. The molecule has 6 rings (SSSR count). The quantitative estimate of drug-likeness (QED) is 0.214. The first-order valence-electron chi connectivity index (χ1n) is 13.2. The average Bonchev–Trinajstić information content (AvgIpc) is 3.63. The number of halogens is 1. The number of benzene rings is 3. The number of carbonyl (C=O) groups is 1. The smallest absolute Gasteiger partial charge is 0.267 e. The van der Waals surface area contributed by atoms with Gasteiger partial charge in [-0.2, -0.15) is 0 Å². The minimum absolute atomic E-state index is 0.135. The van der Waals surface area contributed by atoms with Crippen LogP contribution in [0.4, 0.5) is 4.39 Å². The second-order valence-corrected chi connectivity index (χ2v) is 9.68. The number of fused-ring (bicyclic) bond motifs is 2. The fourth-order valence-corrected chi connectivity index (χ4v) is 5.43. The number of rotatable bonds is 8. The number of ether oxygens (including phenoxy) is 3. The first-order chi connectivity index (χ1) is 19.2. The van der Waals surface area contributed by atoms with Gasteiger partial charge < -0.3 is 14.2 Å². The lowest BCUT2D eigenvalue weighted by Gasteiger charge is -2.16. The van der Waals surface area contributed by atoms with Gasteiger partial charge in [0.1, 0.15) is 24.7 Å². The van der Waals surface area contributed by atoms with Crippen LogP contribution in [0, 0.1) is 0 Å². The molecule has 2 aromatic heterocycles. The summed E-state index contributed by atoms with van der Waals surface area (Å²) >= 11 is 0. The molecule has 1 fully saturated rings. The fraction of sp³-hybridized carbons (Fsp3) is 0.250. The van der Waals surface area contributed by atoms with E-state index in [0.29, 0.717) is 28.5 Å². The predicted molar refractivity (Wildman–Crippen MR) is 150 cm³/mol. The lowest BCUT2D eigenvalue weighted by atomic mass is 10.0. The predicted octanol–water partition coefficient (Wildman–Crippen LogP) is 7.22. The number of carbonyl (C=O) groups excluding carboxylic acids is 1. The summed E-state index contributed by atoms with van der Waals surface area (Å²) in [6.45, 7) is -0.786. The molecule has 1 aliphatic rings. The maximum absolute atomic E-state index is 14.2. The Kier molecular flexibility index (Phi) is 6.88. The highest BCUT2D eigenvalue weighted by molar-refractivity contribution is 6.13. The molecule has 0 spiro atoms. The largest absolute Gasteiger partial charge is 0.493 e. The molecular weight excluding hydrogens is 495 g/mol. The van der Waals surface area contributed by atoms with E-state index in [2.05, 4.69) is 4.98 Å². The van der Waals surface area contributed by atoms with Crippen LogP contribution in [0.25, 0.3) is 32.9 Å². The highest BCUT2D eigenvalue weighted by Gasteiger charge is 2.24. The number of hydrogen-bond acceptors (Lipinski definition) is 5. The highest BCUT2D eigenvalue weighted by atomic mass is 19.1. The van der Waals surface area contributed by atoms with Gasteiger partial charge in [0.05, 0.1) is 18.8 Å². The maximum Gasteiger partial charge on any atom is 0.267 e. The van der Waals surface area contributed by atoms with E-state index in [9.17, 15) is 9.18 Å². The molecule has 1 saturated carbocycles. The van der Waals surface area contributed by atoms with Crippen LogP contribution in [0.1, 0.15) is 36.0 Å². The van der Waals surface area contributed by atoms with Crippen molar-refractivity contribution in [2.24, 2.45) is 0 Å². The van der Waals surface area contributed by atoms with E-state index in [1.807, 2.05) is 66.9 Å². The van der Waals surface area contributed by atoms with E-state index in [1.54, 1.807) is 23.9 Å². The van der Waals surface area contributed by atoms with Gasteiger partial charge in [0, 0.05) is 23.3 Å². The third-order valence-corrected chi connectivity index (χ3v) is 7.29. The Morgan fingerprint density at radius 2 is 1.77 bits per heavy atom. The van der Waals surface area contributed by atoms with E-state index in [1.165, 1.54) is 12.8 Å². The molecule has 0 aliphatic heterocycles. The van der Waals surface area contributed by atoms with Gasteiger partial charge in [0.15, 0.2) is 11.5 Å². The Morgan fingerprint density at radius 3 is 2.59 bits per heavy atom. The van der Waals surface area contributed by atoms with Crippen LogP contribution in [0.2, 0.25) is 0 Å². The number of hydrogen-bond donors (Lipinski definition) is 0. The van der Waals surface area contributed by atoms with Crippen molar-refractivity contribution in [3.8, 4) is 28.4 Å². The molecule has 0 radical (unpaired) electrons. The zero-order valence-corrected chi connectivity index (χ0v) is 21.7. The Balaban J connectivity index is 1.48. The normalized spacial score (nSPS) is 13.7. The summed E-state index contributed by atoms with van der Waals surface area (Å²) in [6, 6.07) is 20.8. The van der Waals surface area contributed by atoms with Crippen LogP contribution >= 0.6 is 0 Å². The third kappa shape index (κ3) is 4.69. The van der Waals surface area contributed by atoms with Gasteiger partial charge in [-0.1, -0.05) is 36.4 Å². The van der Waals surface area contributed by atoms with Gasteiger partial charge in [-0.25, -0.2) is 9.37 Å². The molecule has 5 aromatic rings. The molecule has 7 heteroatoms. The zero-order chi connectivity index (χ0) is 26.8. The van der Waals surface area contributed by atoms with E-state index in [-0.39, 0.29) is 18.6 Å². The van der Waals surface area contributed by atoms with Crippen LogP contribution < -0.4 is 14.2 Å². The van der Waals surface area contributed by atoms with E-state index in [4.69, 9.17) is 14.2 Å². The average molecular weight is 525 g/mol. The van der Waals surface area contributed by atoms with Crippen LogP contribution in [0.5, 0.6) is 17.2 Å². The Morgan fingerprint density at radius 1 is 0.974 bits per heavy atom. The number of nitrogens with zero attached hydrogens (tertiary/aromatic N) is 2. The molecule has 2 heterocycles. The summed E-state index contributed by atoms with van der Waals surface area (Å²) in [6.07, 6.45) is 8.04. The highest BCUT2D eigenvalue weighted by Crippen LogP contribution is 2.39. The van der Waals surface area contributed by atoms with Crippen molar-refractivity contribution in [3.63, 3.8) is 0 Å². The van der Waals surface area contributed by atoms with Gasteiger partial charge in [-0.15, -0.1) is 0 Å². The summed E-state index contributed by atoms with van der Waals surface area (Å²) < 4.78 is 32.2. The number of methoxy groups -OCH3 is 1. The SMILES string of the molecule is COc1ccc(-c2cn(C(=O)c3c(OCCF)ccc4ccccc34)c3ncccc23)cc1OC1CCCC1. The van der Waals surface area contributed by atoms with Crippen molar-refractivity contribution in [1.82, 2.24) is 9.55 Å². The lowest BCUT2D eigenvalue weighted by Crippen LogP contribution is -2.14. The zero-order valence-electron chi connectivity index (χ0n) is 21.7. The second kappa shape index (κ2) is 10.8. The van der Waals surface area contributed by atoms with E-state index < -0.39 is 6.67 Å². The molecule has 0 unspecified atom stereocenters. The first-order valence-corrected chi connectivity index (χ1v) is 13.2. The third-order valence-electron chi connectivity index (χ3n) is 7.29. The van der Waals surface area contributed by atoms with Gasteiger partial charge in [0.2, 0.25) is 0 Å². The van der Waals surface area contributed by atoms with Gasteiger partial charge in [-0.05, 0) is 72.4 Å².